The highest BCUT2D eigenvalue weighted by atomic mass is 16.5. The van der Waals surface area contributed by atoms with Gasteiger partial charge in [0.15, 0.2) is 0 Å². The average molecular weight is 270 g/mol. The Balaban J connectivity index is 1.66. The number of carbonyl (C=O) groups excluding carboxylic acids is 2. The summed E-state index contributed by atoms with van der Waals surface area (Å²) < 4.78 is 5.77. The summed E-state index contributed by atoms with van der Waals surface area (Å²) in [6.45, 7) is 2.12. The molecule has 0 aromatic carbocycles. The lowest BCUT2D eigenvalue weighted by Crippen LogP contribution is -2.38. The number of imide groups is 1. The molecule has 5 heteroatoms. The number of amides is 2. The Bertz CT molecular complexity index is 627. The van der Waals surface area contributed by atoms with Gasteiger partial charge in [-0.1, -0.05) is 18.2 Å². The fourth-order valence-corrected chi connectivity index (χ4v) is 3.52. The van der Waals surface area contributed by atoms with Gasteiger partial charge < -0.3 is 4.74 Å². The fraction of sp³-hybridized carbons (Fsp3) is 0.400. The third-order valence-electron chi connectivity index (χ3n) is 4.47. The minimum Gasteiger partial charge on any atom is -0.362 e. The van der Waals surface area contributed by atoms with Gasteiger partial charge in [-0.05, 0) is 19.1 Å². The van der Waals surface area contributed by atoms with Gasteiger partial charge in [0.2, 0.25) is 11.8 Å². The molecule has 1 aromatic rings. The molecule has 2 fully saturated rings. The molecule has 0 saturated carbocycles. The zero-order valence-corrected chi connectivity index (χ0v) is 11.0. The van der Waals surface area contributed by atoms with Gasteiger partial charge in [0, 0.05) is 6.20 Å². The molecule has 0 spiro atoms. The molecule has 102 valence electrons. The van der Waals surface area contributed by atoms with Crippen molar-refractivity contribution in [1.82, 2.24) is 9.88 Å². The lowest BCUT2D eigenvalue weighted by molar-refractivity contribution is -0.144. The molecule has 3 aliphatic heterocycles. The van der Waals surface area contributed by atoms with Crippen LogP contribution in [0.3, 0.4) is 0 Å². The van der Waals surface area contributed by atoms with Gasteiger partial charge in [0.25, 0.3) is 0 Å². The topological polar surface area (TPSA) is 59.5 Å². The van der Waals surface area contributed by atoms with Crippen molar-refractivity contribution < 1.29 is 14.3 Å². The smallest absolute Gasteiger partial charge is 0.236 e. The Hall–Kier alpha value is -2.01. The Labute approximate surface area is 116 Å². The lowest BCUT2D eigenvalue weighted by Gasteiger charge is -2.23. The first kappa shape index (κ1) is 11.8. The second-order valence-corrected chi connectivity index (χ2v) is 5.71. The zero-order valence-electron chi connectivity index (χ0n) is 11.0. The molecule has 2 saturated heterocycles. The molecular weight excluding hydrogens is 256 g/mol. The highest BCUT2D eigenvalue weighted by Gasteiger charge is 2.65. The molecule has 0 N–H and O–H groups in total. The van der Waals surface area contributed by atoms with Crippen LogP contribution in [0.25, 0.3) is 0 Å². The number of carbonyl (C=O) groups is 2. The van der Waals surface area contributed by atoms with Crippen LogP contribution in [0, 0.1) is 11.8 Å². The lowest BCUT2D eigenvalue weighted by atomic mass is 9.78. The molecular formula is C15H14N2O3. The summed E-state index contributed by atoms with van der Waals surface area (Å²) in [4.78, 5) is 30.6. The monoisotopic (exact) mass is 270 g/mol. The quantitative estimate of drug-likeness (QED) is 0.592. The number of rotatable bonds is 2. The van der Waals surface area contributed by atoms with Crippen LogP contribution in [-0.2, 0) is 20.9 Å². The molecule has 1 aromatic heterocycles. The maximum atomic E-state index is 12.6. The van der Waals surface area contributed by atoms with E-state index in [-0.39, 0.29) is 36.3 Å². The van der Waals surface area contributed by atoms with Gasteiger partial charge in [-0.3, -0.25) is 19.5 Å². The van der Waals surface area contributed by atoms with E-state index in [2.05, 4.69) is 4.98 Å². The molecule has 3 aliphatic rings. The highest BCUT2D eigenvalue weighted by Crippen LogP contribution is 2.51. The minimum atomic E-state index is -0.624. The van der Waals surface area contributed by atoms with Gasteiger partial charge in [0.05, 0.1) is 35.8 Å². The van der Waals surface area contributed by atoms with Crippen LogP contribution in [0.15, 0.2) is 36.5 Å². The van der Waals surface area contributed by atoms with Gasteiger partial charge in [0.1, 0.15) is 0 Å². The Kier molecular flexibility index (Phi) is 2.22. The van der Waals surface area contributed by atoms with Crippen LogP contribution in [0.4, 0.5) is 0 Å². The van der Waals surface area contributed by atoms with E-state index in [4.69, 9.17) is 4.74 Å². The Morgan fingerprint density at radius 2 is 2.20 bits per heavy atom. The van der Waals surface area contributed by atoms with Crippen LogP contribution >= 0.6 is 0 Å². The molecule has 0 radical (unpaired) electrons. The van der Waals surface area contributed by atoms with Gasteiger partial charge in [-0.15, -0.1) is 0 Å². The van der Waals surface area contributed by atoms with Crippen molar-refractivity contribution in [1.29, 1.82) is 0 Å². The van der Waals surface area contributed by atoms with Crippen LogP contribution in [0.2, 0.25) is 0 Å². The van der Waals surface area contributed by atoms with Crippen LogP contribution in [0.1, 0.15) is 12.6 Å². The van der Waals surface area contributed by atoms with Crippen molar-refractivity contribution in [3.63, 3.8) is 0 Å². The summed E-state index contributed by atoms with van der Waals surface area (Å²) in [5, 5.41) is 0. The summed E-state index contributed by atoms with van der Waals surface area (Å²) in [5.41, 5.74) is 0.0987. The molecule has 20 heavy (non-hydrogen) atoms. The van der Waals surface area contributed by atoms with Crippen molar-refractivity contribution in [2.75, 3.05) is 0 Å². The van der Waals surface area contributed by atoms with Gasteiger partial charge in [-0.2, -0.15) is 0 Å². The van der Waals surface area contributed by atoms with E-state index >= 15 is 0 Å². The van der Waals surface area contributed by atoms with E-state index in [0.717, 1.165) is 5.69 Å². The van der Waals surface area contributed by atoms with Crippen molar-refractivity contribution in [2.24, 2.45) is 11.8 Å². The first-order valence-electron chi connectivity index (χ1n) is 6.72. The van der Waals surface area contributed by atoms with Gasteiger partial charge in [-0.25, -0.2) is 0 Å². The van der Waals surface area contributed by atoms with E-state index in [1.165, 1.54) is 4.90 Å². The summed E-state index contributed by atoms with van der Waals surface area (Å²) in [6, 6.07) is 5.48. The Morgan fingerprint density at radius 3 is 2.90 bits per heavy atom. The molecule has 5 nitrogen and oxygen atoms in total. The number of aromatic nitrogens is 1. The number of nitrogens with zero attached hydrogens (tertiary/aromatic N) is 2. The number of hydrogen-bond acceptors (Lipinski definition) is 4. The summed E-state index contributed by atoms with van der Waals surface area (Å²) in [5.74, 6) is -1.02. The maximum Gasteiger partial charge on any atom is 0.236 e. The zero-order chi connectivity index (χ0) is 13.9. The fourth-order valence-electron chi connectivity index (χ4n) is 3.52. The standard InChI is InChI=1S/C15H14N2O3/c1-15-6-5-10(20-15)11-12(15)14(19)17(13(11)18)8-9-4-2-3-7-16-9/h2-7,10-12H,8H2,1H3/t10-,11-,12+,15+/m1/s1. The summed E-state index contributed by atoms with van der Waals surface area (Å²) >= 11 is 0. The molecule has 0 unspecified atom stereocenters. The third-order valence-corrected chi connectivity index (χ3v) is 4.47. The molecule has 2 bridgehead atoms. The van der Waals surface area contributed by atoms with E-state index < -0.39 is 5.60 Å². The van der Waals surface area contributed by atoms with E-state index in [1.54, 1.807) is 6.20 Å². The first-order chi connectivity index (χ1) is 9.60. The first-order valence-corrected chi connectivity index (χ1v) is 6.72. The predicted molar refractivity (Wildman–Crippen MR) is 69.2 cm³/mol. The number of likely N-dealkylation sites (tertiary alicyclic amines) is 1. The highest BCUT2D eigenvalue weighted by molar-refractivity contribution is 6.07. The number of fused-ring (bicyclic) bond motifs is 5. The second-order valence-electron chi connectivity index (χ2n) is 5.71. The van der Waals surface area contributed by atoms with Crippen molar-refractivity contribution in [2.45, 2.75) is 25.2 Å². The molecule has 0 aliphatic carbocycles. The van der Waals surface area contributed by atoms with E-state index in [1.807, 2.05) is 37.3 Å². The average Bonchev–Trinajstić information content (AvgIpc) is 3.04. The molecule has 4 heterocycles. The molecule has 2 amide bonds. The third kappa shape index (κ3) is 1.38. The molecule has 4 rings (SSSR count). The van der Waals surface area contributed by atoms with Gasteiger partial charge >= 0.3 is 0 Å². The SMILES string of the molecule is C[C@@]12C=C[C@@H](O1)[C@H]1C(=O)N(Cc3ccccn3)C(=O)[C@H]12. The normalized spacial score (nSPS) is 37.9. The summed E-state index contributed by atoms with van der Waals surface area (Å²) in [7, 11) is 0. The largest absolute Gasteiger partial charge is 0.362 e. The maximum absolute atomic E-state index is 12.6. The van der Waals surface area contributed by atoms with Crippen LogP contribution in [-0.4, -0.2) is 33.4 Å². The van der Waals surface area contributed by atoms with Crippen LogP contribution < -0.4 is 0 Å². The summed E-state index contributed by atoms with van der Waals surface area (Å²) in [6.07, 6.45) is 5.22. The van der Waals surface area contributed by atoms with Crippen LogP contribution in [0.5, 0.6) is 0 Å². The Morgan fingerprint density at radius 1 is 1.35 bits per heavy atom. The predicted octanol–water partition coefficient (Wildman–Crippen LogP) is 0.910. The van der Waals surface area contributed by atoms with Crippen molar-refractivity contribution in [3.05, 3.63) is 42.2 Å². The number of ether oxygens (including phenoxy) is 1. The van der Waals surface area contributed by atoms with E-state index in [9.17, 15) is 9.59 Å². The molecule has 4 atom stereocenters. The number of pyridine rings is 1. The van der Waals surface area contributed by atoms with Crippen molar-refractivity contribution in [3.8, 4) is 0 Å². The van der Waals surface area contributed by atoms with E-state index in [0.29, 0.717) is 0 Å². The number of hydrogen-bond donors (Lipinski definition) is 0. The minimum absolute atomic E-state index is 0.135. The second kappa shape index (κ2) is 3.76. The van der Waals surface area contributed by atoms with Crippen molar-refractivity contribution >= 4 is 11.8 Å².